The molecule has 0 aliphatic heterocycles. The topological polar surface area (TPSA) is 67.1 Å². The minimum Gasteiger partial charge on any atom is -0.344 e. The van der Waals surface area contributed by atoms with Crippen LogP contribution in [0.3, 0.4) is 0 Å². The van der Waals surface area contributed by atoms with Crippen LogP contribution in [0.25, 0.3) is 10.2 Å². The molecule has 0 atom stereocenters. The number of nitrogens with two attached hydrogens (primary N) is 1. The second-order valence-corrected chi connectivity index (χ2v) is 6.16. The molecule has 0 aliphatic carbocycles. The maximum Gasteiger partial charge on any atom is 0.405 e. The molecule has 0 aliphatic rings. The van der Waals surface area contributed by atoms with Crippen molar-refractivity contribution in [3.8, 4) is 0 Å². The maximum absolute atomic E-state index is 12.8. The zero-order chi connectivity index (χ0) is 15.8. The molecule has 2 rings (SSSR count). The van der Waals surface area contributed by atoms with Crippen LogP contribution in [0.2, 0.25) is 0 Å². The van der Waals surface area contributed by atoms with Gasteiger partial charge in [0.15, 0.2) is 0 Å². The van der Waals surface area contributed by atoms with Gasteiger partial charge in [0.2, 0.25) is 5.95 Å². The summed E-state index contributed by atoms with van der Waals surface area (Å²) < 4.78 is 38.4. The zero-order valence-electron chi connectivity index (χ0n) is 11.8. The molecule has 0 spiro atoms. The van der Waals surface area contributed by atoms with Gasteiger partial charge in [-0.15, -0.1) is 11.3 Å². The van der Waals surface area contributed by atoms with Crippen LogP contribution in [-0.2, 0) is 0 Å². The Morgan fingerprint density at radius 2 is 2.05 bits per heavy atom. The Morgan fingerprint density at radius 1 is 1.38 bits per heavy atom. The number of hydrogen-bond acceptors (Lipinski definition) is 6. The van der Waals surface area contributed by atoms with Gasteiger partial charge in [0.1, 0.15) is 17.2 Å². The quantitative estimate of drug-likeness (QED) is 0.670. The summed E-state index contributed by atoms with van der Waals surface area (Å²) >= 11 is 1.39. The fourth-order valence-corrected chi connectivity index (χ4v) is 2.88. The summed E-state index contributed by atoms with van der Waals surface area (Å²) in [6, 6.07) is 1.43. The number of nitrogen functional groups attached to an aromatic ring is 1. The molecule has 3 N–H and O–H groups in total. The van der Waals surface area contributed by atoms with Gasteiger partial charge < -0.3 is 4.90 Å². The van der Waals surface area contributed by atoms with Crippen molar-refractivity contribution in [3.63, 3.8) is 0 Å². The number of nitrogens with one attached hydrogen (secondary N) is 1. The maximum atomic E-state index is 12.8. The first kappa shape index (κ1) is 15.8. The number of nitrogens with zero attached hydrogens (tertiary/aromatic N) is 3. The van der Waals surface area contributed by atoms with E-state index in [4.69, 9.17) is 5.84 Å². The van der Waals surface area contributed by atoms with Crippen LogP contribution < -0.4 is 16.2 Å². The molecular weight excluding hydrogens is 303 g/mol. The van der Waals surface area contributed by atoms with Crippen LogP contribution in [0, 0.1) is 6.92 Å². The average Bonchev–Trinajstić information content (AvgIpc) is 2.73. The molecule has 0 unspecified atom stereocenters. The normalized spacial score (nSPS) is 12.2. The van der Waals surface area contributed by atoms with E-state index in [1.807, 2.05) is 6.92 Å². The standard InChI is InChI=1S/C12H16F3N5S/c1-6(2)20(5-12(13,14)15)9-8-4-7(3)21-10(8)18-11(17-9)19-16/h4,6H,5,16H2,1-3H3,(H,17,18,19). The molecular formula is C12H16F3N5S. The van der Waals surface area contributed by atoms with Crippen molar-refractivity contribution in [2.24, 2.45) is 5.84 Å². The van der Waals surface area contributed by atoms with E-state index in [-0.39, 0.29) is 17.8 Å². The molecule has 0 bridgehead atoms. The van der Waals surface area contributed by atoms with Crippen LogP contribution in [0.1, 0.15) is 18.7 Å². The van der Waals surface area contributed by atoms with Crippen molar-refractivity contribution in [3.05, 3.63) is 10.9 Å². The van der Waals surface area contributed by atoms with Crippen molar-refractivity contribution in [2.45, 2.75) is 33.0 Å². The minimum atomic E-state index is -4.32. The van der Waals surface area contributed by atoms with Crippen LogP contribution in [0.4, 0.5) is 24.9 Å². The van der Waals surface area contributed by atoms with Gasteiger partial charge in [0.05, 0.1) is 5.39 Å². The molecule has 2 aromatic rings. The van der Waals surface area contributed by atoms with Crippen LogP contribution in [-0.4, -0.2) is 28.7 Å². The highest BCUT2D eigenvalue weighted by atomic mass is 32.1. The van der Waals surface area contributed by atoms with E-state index >= 15 is 0 Å². The lowest BCUT2D eigenvalue weighted by Crippen LogP contribution is -2.40. The molecule has 21 heavy (non-hydrogen) atoms. The number of thiophene rings is 1. The number of aromatic nitrogens is 2. The monoisotopic (exact) mass is 319 g/mol. The molecule has 0 amide bonds. The molecule has 2 heterocycles. The van der Waals surface area contributed by atoms with Crippen molar-refractivity contribution in [1.29, 1.82) is 0 Å². The molecule has 0 aromatic carbocycles. The fourth-order valence-electron chi connectivity index (χ4n) is 2.01. The average molecular weight is 319 g/mol. The fraction of sp³-hybridized carbons (Fsp3) is 0.500. The molecule has 0 saturated heterocycles. The summed E-state index contributed by atoms with van der Waals surface area (Å²) in [6.07, 6.45) is -4.32. The molecule has 2 aromatic heterocycles. The Labute approximate surface area is 123 Å². The van der Waals surface area contributed by atoms with E-state index in [1.165, 1.54) is 16.2 Å². The second-order valence-electron chi connectivity index (χ2n) is 4.93. The third-order valence-electron chi connectivity index (χ3n) is 2.87. The Bertz CT molecular complexity index is 638. The van der Waals surface area contributed by atoms with E-state index in [9.17, 15) is 13.2 Å². The third kappa shape index (κ3) is 3.53. The van der Waals surface area contributed by atoms with Gasteiger partial charge >= 0.3 is 6.18 Å². The Kier molecular flexibility index (Phi) is 4.24. The van der Waals surface area contributed by atoms with Gasteiger partial charge in [-0.2, -0.15) is 18.2 Å². The van der Waals surface area contributed by atoms with E-state index in [0.717, 1.165) is 4.88 Å². The van der Waals surface area contributed by atoms with Gasteiger partial charge in [0, 0.05) is 10.9 Å². The van der Waals surface area contributed by atoms with E-state index in [2.05, 4.69) is 15.4 Å². The lowest BCUT2D eigenvalue weighted by atomic mass is 10.2. The molecule has 0 radical (unpaired) electrons. The molecule has 0 saturated carbocycles. The summed E-state index contributed by atoms with van der Waals surface area (Å²) in [5, 5.41) is 0.606. The van der Waals surface area contributed by atoms with E-state index in [0.29, 0.717) is 10.2 Å². The van der Waals surface area contributed by atoms with Crippen LogP contribution >= 0.6 is 11.3 Å². The van der Waals surface area contributed by atoms with Crippen molar-refractivity contribution < 1.29 is 13.2 Å². The van der Waals surface area contributed by atoms with Gasteiger partial charge in [-0.25, -0.2) is 10.8 Å². The first-order valence-corrected chi connectivity index (χ1v) is 7.11. The summed E-state index contributed by atoms with van der Waals surface area (Å²) in [5.41, 5.74) is 2.30. The number of fused-ring (bicyclic) bond motifs is 1. The molecule has 116 valence electrons. The number of alkyl halides is 3. The Morgan fingerprint density at radius 3 is 2.57 bits per heavy atom. The highest BCUT2D eigenvalue weighted by Crippen LogP contribution is 2.33. The van der Waals surface area contributed by atoms with Gasteiger partial charge in [-0.3, -0.25) is 5.43 Å². The number of hydrazine groups is 1. The van der Waals surface area contributed by atoms with E-state index in [1.54, 1.807) is 19.9 Å². The molecule has 5 nitrogen and oxygen atoms in total. The van der Waals surface area contributed by atoms with Crippen molar-refractivity contribution in [1.82, 2.24) is 9.97 Å². The number of rotatable bonds is 4. The van der Waals surface area contributed by atoms with Gasteiger partial charge in [-0.1, -0.05) is 0 Å². The van der Waals surface area contributed by atoms with Crippen molar-refractivity contribution in [2.75, 3.05) is 16.9 Å². The lowest BCUT2D eigenvalue weighted by molar-refractivity contribution is -0.120. The first-order chi connectivity index (χ1) is 9.71. The van der Waals surface area contributed by atoms with Crippen LogP contribution in [0.5, 0.6) is 0 Å². The predicted molar refractivity (Wildman–Crippen MR) is 78.5 cm³/mol. The highest BCUT2D eigenvalue weighted by molar-refractivity contribution is 7.18. The van der Waals surface area contributed by atoms with Crippen LogP contribution in [0.15, 0.2) is 6.07 Å². The number of hydrogen-bond donors (Lipinski definition) is 2. The zero-order valence-corrected chi connectivity index (χ0v) is 12.6. The Balaban J connectivity index is 2.60. The predicted octanol–water partition coefficient (Wildman–Crippen LogP) is 3.06. The number of aryl methyl sites for hydroxylation is 1. The molecule has 0 fully saturated rings. The third-order valence-corrected chi connectivity index (χ3v) is 3.81. The van der Waals surface area contributed by atoms with Gasteiger partial charge in [0.25, 0.3) is 0 Å². The second kappa shape index (κ2) is 5.64. The smallest absolute Gasteiger partial charge is 0.344 e. The summed E-state index contributed by atoms with van der Waals surface area (Å²) in [5.74, 6) is 5.65. The summed E-state index contributed by atoms with van der Waals surface area (Å²) in [7, 11) is 0. The van der Waals surface area contributed by atoms with E-state index < -0.39 is 12.7 Å². The summed E-state index contributed by atoms with van der Waals surface area (Å²) in [4.78, 5) is 11.1. The molecule has 9 heteroatoms. The SMILES string of the molecule is Cc1cc2c(N(CC(F)(F)F)C(C)C)nc(NN)nc2s1. The van der Waals surface area contributed by atoms with Crippen molar-refractivity contribution >= 4 is 33.3 Å². The largest absolute Gasteiger partial charge is 0.405 e. The highest BCUT2D eigenvalue weighted by Gasteiger charge is 2.33. The Hall–Kier alpha value is -1.61. The summed E-state index contributed by atoms with van der Waals surface area (Å²) in [6.45, 7) is 4.17. The first-order valence-electron chi connectivity index (χ1n) is 6.29. The van der Waals surface area contributed by atoms with Gasteiger partial charge in [-0.05, 0) is 26.8 Å². The number of halogens is 3. The minimum absolute atomic E-state index is 0.104. The lowest BCUT2D eigenvalue weighted by Gasteiger charge is -2.29. The number of anilines is 2.